The molecule has 2 aromatic carbocycles. The monoisotopic (exact) mass is 510 g/mol. The lowest BCUT2D eigenvalue weighted by molar-refractivity contribution is 0.398. The maximum atomic E-state index is 13.7. The van der Waals surface area contributed by atoms with Gasteiger partial charge in [-0.1, -0.05) is 23.7 Å². The van der Waals surface area contributed by atoms with Gasteiger partial charge in [0, 0.05) is 29.9 Å². The molecule has 2 heterocycles. The molecule has 0 spiro atoms. The van der Waals surface area contributed by atoms with Crippen molar-refractivity contribution in [3.8, 4) is 5.88 Å². The first-order valence-electron chi connectivity index (χ1n) is 9.61. The number of halogens is 3. The number of hydrogen-bond acceptors (Lipinski definition) is 6. The molecule has 0 bridgehead atoms. The number of pyridine rings is 1. The van der Waals surface area contributed by atoms with Crippen LogP contribution in [0.25, 0.3) is 10.9 Å². The quantitative estimate of drug-likeness (QED) is 0.342. The third-order valence-corrected chi connectivity index (χ3v) is 6.84. The summed E-state index contributed by atoms with van der Waals surface area (Å²) in [4.78, 5) is 3.99. The molecule has 7 nitrogen and oxygen atoms in total. The highest BCUT2D eigenvalue weighted by molar-refractivity contribution is 7.90. The van der Waals surface area contributed by atoms with Crippen molar-refractivity contribution >= 4 is 56.3 Å². The Kier molecular flexibility index (Phi) is 7.48. The summed E-state index contributed by atoms with van der Waals surface area (Å²) in [6.07, 6.45) is 1.55. The van der Waals surface area contributed by atoms with Crippen LogP contribution in [-0.4, -0.2) is 31.5 Å². The maximum Gasteiger partial charge on any atom is 0.268 e. The fraction of sp³-hybridized carbons (Fsp3) is 0.136. The standard InChI is InChI=1S/C22H20ClFN4O3S.ClH/c1-25-12-14-13-28(32(29,30)17-5-3-4-15(24)10-17)20-11-16(6-7-18(14)20)26-19-8-9-21(31-2)27-22(19)23;/h3-11,13,25-26H,12H2,1-2H3;1H. The SMILES string of the molecule is CNCc1cn(S(=O)(=O)c2cccc(F)c2)c2cc(Nc3ccc(OC)nc3Cl)ccc12.Cl. The normalized spacial score (nSPS) is 11.3. The fourth-order valence-corrected chi connectivity index (χ4v) is 5.00. The Morgan fingerprint density at radius 2 is 1.94 bits per heavy atom. The molecule has 0 aliphatic heterocycles. The van der Waals surface area contributed by atoms with Crippen LogP contribution in [0, 0.1) is 5.82 Å². The van der Waals surface area contributed by atoms with Crippen LogP contribution < -0.4 is 15.4 Å². The van der Waals surface area contributed by atoms with Crippen molar-refractivity contribution < 1.29 is 17.5 Å². The largest absolute Gasteiger partial charge is 0.481 e. The van der Waals surface area contributed by atoms with Crippen molar-refractivity contribution in [2.75, 3.05) is 19.5 Å². The Balaban J connectivity index is 0.00000306. The van der Waals surface area contributed by atoms with Crippen molar-refractivity contribution in [3.05, 3.63) is 77.3 Å². The van der Waals surface area contributed by atoms with Gasteiger partial charge in [-0.3, -0.25) is 0 Å². The van der Waals surface area contributed by atoms with E-state index >= 15 is 0 Å². The van der Waals surface area contributed by atoms with E-state index in [1.807, 2.05) is 12.1 Å². The lowest BCUT2D eigenvalue weighted by atomic mass is 10.1. The predicted octanol–water partition coefficient (Wildman–Crippen LogP) is 4.96. The molecule has 0 aliphatic rings. The fourth-order valence-electron chi connectivity index (χ4n) is 3.40. The Hall–Kier alpha value is -2.85. The van der Waals surface area contributed by atoms with E-state index in [4.69, 9.17) is 16.3 Å². The molecule has 2 N–H and O–H groups in total. The Bertz CT molecular complexity index is 1410. The number of hydrogen-bond donors (Lipinski definition) is 2. The van der Waals surface area contributed by atoms with Crippen molar-refractivity contribution in [2.24, 2.45) is 0 Å². The van der Waals surface area contributed by atoms with Crippen molar-refractivity contribution in [1.29, 1.82) is 0 Å². The summed E-state index contributed by atoms with van der Waals surface area (Å²) in [5.41, 5.74) is 2.38. The van der Waals surface area contributed by atoms with E-state index in [1.165, 1.54) is 29.3 Å². The number of nitrogens with zero attached hydrogens (tertiary/aromatic N) is 2. The summed E-state index contributed by atoms with van der Waals surface area (Å²) in [6, 6.07) is 13.7. The first-order valence-corrected chi connectivity index (χ1v) is 11.4. The molecule has 4 rings (SSSR count). The van der Waals surface area contributed by atoms with Crippen LogP contribution in [0.4, 0.5) is 15.8 Å². The molecule has 174 valence electrons. The van der Waals surface area contributed by atoms with Crippen LogP contribution in [0.15, 0.2) is 65.7 Å². The van der Waals surface area contributed by atoms with E-state index in [-0.39, 0.29) is 22.5 Å². The molecule has 4 aromatic rings. The molecule has 11 heteroatoms. The first kappa shape index (κ1) is 24.8. The van der Waals surface area contributed by atoms with Gasteiger partial charge in [-0.2, -0.15) is 4.98 Å². The maximum absolute atomic E-state index is 13.7. The van der Waals surface area contributed by atoms with Gasteiger partial charge in [-0.15, -0.1) is 12.4 Å². The van der Waals surface area contributed by atoms with E-state index in [2.05, 4.69) is 15.6 Å². The minimum absolute atomic E-state index is 0. The van der Waals surface area contributed by atoms with Gasteiger partial charge in [0.25, 0.3) is 10.0 Å². The summed E-state index contributed by atoms with van der Waals surface area (Å²) in [5, 5.41) is 7.16. The average molecular weight is 511 g/mol. The number of rotatable bonds is 7. The lowest BCUT2D eigenvalue weighted by Gasteiger charge is -2.11. The molecule has 0 amide bonds. The highest BCUT2D eigenvalue weighted by Crippen LogP contribution is 2.31. The lowest BCUT2D eigenvalue weighted by Crippen LogP contribution is -2.12. The van der Waals surface area contributed by atoms with Crippen LogP contribution in [0.2, 0.25) is 5.15 Å². The highest BCUT2D eigenvalue weighted by Gasteiger charge is 2.22. The zero-order valence-corrected chi connectivity index (χ0v) is 20.1. The highest BCUT2D eigenvalue weighted by atomic mass is 35.5. The smallest absolute Gasteiger partial charge is 0.268 e. The molecule has 0 saturated heterocycles. The topological polar surface area (TPSA) is 85.2 Å². The van der Waals surface area contributed by atoms with Crippen LogP contribution in [0.1, 0.15) is 5.56 Å². The second kappa shape index (κ2) is 9.96. The third kappa shape index (κ3) is 4.91. The van der Waals surface area contributed by atoms with Crippen molar-refractivity contribution in [2.45, 2.75) is 11.4 Å². The van der Waals surface area contributed by atoms with Gasteiger partial charge in [0.05, 0.1) is 23.2 Å². The van der Waals surface area contributed by atoms with Crippen LogP contribution in [0.3, 0.4) is 0 Å². The molecule has 0 saturated carbocycles. The Labute approximate surface area is 202 Å². The number of ether oxygens (including phenoxy) is 1. The van der Waals surface area contributed by atoms with E-state index in [0.29, 0.717) is 29.3 Å². The number of nitrogens with one attached hydrogen (secondary N) is 2. The van der Waals surface area contributed by atoms with E-state index in [0.717, 1.165) is 17.0 Å². The van der Waals surface area contributed by atoms with Gasteiger partial charge < -0.3 is 15.4 Å². The summed E-state index contributed by atoms with van der Waals surface area (Å²) in [6.45, 7) is 0.461. The first-order chi connectivity index (χ1) is 15.3. The number of fused-ring (bicyclic) bond motifs is 1. The predicted molar refractivity (Wildman–Crippen MR) is 130 cm³/mol. The van der Waals surface area contributed by atoms with Gasteiger partial charge in [-0.05, 0) is 49.0 Å². The second-order valence-corrected chi connectivity index (χ2v) is 9.16. The minimum Gasteiger partial charge on any atom is -0.481 e. The molecule has 0 radical (unpaired) electrons. The van der Waals surface area contributed by atoms with Gasteiger partial charge >= 0.3 is 0 Å². The van der Waals surface area contributed by atoms with Crippen LogP contribution >= 0.6 is 24.0 Å². The van der Waals surface area contributed by atoms with Gasteiger partial charge in [0.1, 0.15) is 5.82 Å². The molecular formula is C22H21Cl2FN4O3S. The summed E-state index contributed by atoms with van der Waals surface area (Å²) in [5.74, 6) is -0.246. The molecule has 0 aliphatic carbocycles. The Morgan fingerprint density at radius 3 is 2.61 bits per heavy atom. The molecule has 0 atom stereocenters. The van der Waals surface area contributed by atoms with Crippen molar-refractivity contribution in [1.82, 2.24) is 14.3 Å². The van der Waals surface area contributed by atoms with Crippen LogP contribution in [-0.2, 0) is 16.6 Å². The summed E-state index contributed by atoms with van der Waals surface area (Å²) in [7, 11) is -0.754. The summed E-state index contributed by atoms with van der Waals surface area (Å²) < 4.78 is 46.6. The van der Waals surface area contributed by atoms with Gasteiger partial charge in [0.15, 0.2) is 5.15 Å². The van der Waals surface area contributed by atoms with E-state index < -0.39 is 15.8 Å². The Morgan fingerprint density at radius 1 is 1.15 bits per heavy atom. The third-order valence-electron chi connectivity index (χ3n) is 4.89. The zero-order valence-electron chi connectivity index (χ0n) is 17.7. The molecule has 33 heavy (non-hydrogen) atoms. The average Bonchev–Trinajstić information content (AvgIpc) is 3.14. The van der Waals surface area contributed by atoms with Gasteiger partial charge in [0.2, 0.25) is 5.88 Å². The molecule has 0 fully saturated rings. The van der Waals surface area contributed by atoms with Crippen molar-refractivity contribution in [3.63, 3.8) is 0 Å². The number of methoxy groups -OCH3 is 1. The minimum atomic E-state index is -4.03. The number of aromatic nitrogens is 2. The molecule has 0 unspecified atom stereocenters. The van der Waals surface area contributed by atoms with E-state index in [1.54, 1.807) is 31.4 Å². The van der Waals surface area contributed by atoms with Crippen LogP contribution in [0.5, 0.6) is 5.88 Å². The summed E-state index contributed by atoms with van der Waals surface area (Å²) >= 11 is 6.22. The van der Waals surface area contributed by atoms with E-state index in [9.17, 15) is 12.8 Å². The second-order valence-electron chi connectivity index (χ2n) is 6.99. The number of anilines is 2. The van der Waals surface area contributed by atoms with Gasteiger partial charge in [-0.25, -0.2) is 16.8 Å². The molecular weight excluding hydrogens is 490 g/mol. The molecule has 2 aromatic heterocycles. The number of benzene rings is 2. The zero-order chi connectivity index (χ0) is 22.9.